The molecular weight excluding hydrogens is 257 g/mol. The van der Waals surface area contributed by atoms with Crippen molar-refractivity contribution in [3.8, 4) is 0 Å². The summed E-state index contributed by atoms with van der Waals surface area (Å²) < 4.78 is 0. The van der Waals surface area contributed by atoms with Crippen LogP contribution < -0.4 is 5.43 Å². The first-order valence-electron chi connectivity index (χ1n) is 4.91. The molecule has 0 saturated carbocycles. The molecule has 0 saturated heterocycles. The largest absolute Gasteiger partial charge is 0.260 e. The Morgan fingerprint density at radius 2 is 1.94 bits per heavy atom. The van der Waals surface area contributed by atoms with Gasteiger partial charge in [-0.3, -0.25) is 5.43 Å². The van der Waals surface area contributed by atoms with Gasteiger partial charge in [0, 0.05) is 6.20 Å². The van der Waals surface area contributed by atoms with E-state index in [0.29, 0.717) is 15.9 Å². The summed E-state index contributed by atoms with van der Waals surface area (Å²) in [7, 11) is 0. The van der Waals surface area contributed by atoms with E-state index in [1.807, 2.05) is 30.3 Å². The molecule has 17 heavy (non-hydrogen) atoms. The lowest BCUT2D eigenvalue weighted by atomic mass is 10.2. The quantitative estimate of drug-likeness (QED) is 0.677. The molecule has 2 rings (SSSR count). The second-order valence-corrected chi connectivity index (χ2v) is 4.11. The van der Waals surface area contributed by atoms with Gasteiger partial charge in [0.2, 0.25) is 0 Å². The molecule has 0 amide bonds. The van der Waals surface area contributed by atoms with E-state index in [-0.39, 0.29) is 0 Å². The number of halogens is 2. The molecule has 0 bridgehead atoms. The number of benzene rings is 1. The maximum Gasteiger partial charge on any atom is 0.165 e. The Kier molecular flexibility index (Phi) is 3.96. The fourth-order valence-electron chi connectivity index (χ4n) is 1.20. The molecule has 0 radical (unpaired) electrons. The van der Waals surface area contributed by atoms with Crippen LogP contribution in [0, 0.1) is 0 Å². The number of hydrogen-bond acceptors (Lipinski definition) is 3. The van der Waals surface area contributed by atoms with Gasteiger partial charge in [-0.1, -0.05) is 53.5 Å². The second-order valence-electron chi connectivity index (χ2n) is 3.26. The molecule has 0 fully saturated rings. The smallest absolute Gasteiger partial charge is 0.165 e. The summed E-state index contributed by atoms with van der Waals surface area (Å²) in [5.41, 5.74) is 3.75. The third kappa shape index (κ3) is 3.44. The van der Waals surface area contributed by atoms with Gasteiger partial charge < -0.3 is 0 Å². The molecule has 5 heteroatoms. The SMILES string of the molecule is Clc1cnc(N/N=C\c2ccccc2)c(Cl)c1. The molecule has 0 spiro atoms. The topological polar surface area (TPSA) is 37.3 Å². The number of rotatable bonds is 3. The summed E-state index contributed by atoms with van der Waals surface area (Å²) in [6.45, 7) is 0. The molecule has 0 aliphatic carbocycles. The Morgan fingerprint density at radius 1 is 1.18 bits per heavy atom. The molecule has 0 aliphatic heterocycles. The van der Waals surface area contributed by atoms with E-state index < -0.39 is 0 Å². The highest BCUT2D eigenvalue weighted by Gasteiger charge is 2.00. The van der Waals surface area contributed by atoms with Gasteiger partial charge in [0.1, 0.15) is 0 Å². The van der Waals surface area contributed by atoms with Gasteiger partial charge in [-0.2, -0.15) is 5.10 Å². The Morgan fingerprint density at radius 3 is 2.65 bits per heavy atom. The van der Waals surface area contributed by atoms with E-state index in [9.17, 15) is 0 Å². The highest BCUT2D eigenvalue weighted by molar-refractivity contribution is 6.35. The average molecular weight is 266 g/mol. The van der Waals surface area contributed by atoms with Crippen molar-refractivity contribution >= 4 is 35.2 Å². The monoisotopic (exact) mass is 265 g/mol. The molecule has 2 aromatic rings. The number of anilines is 1. The van der Waals surface area contributed by atoms with Crippen molar-refractivity contribution in [1.82, 2.24) is 4.98 Å². The Bertz CT molecular complexity index is 527. The summed E-state index contributed by atoms with van der Waals surface area (Å²) in [6.07, 6.45) is 3.19. The van der Waals surface area contributed by atoms with Gasteiger partial charge in [-0.05, 0) is 11.6 Å². The molecular formula is C12H9Cl2N3. The Balaban J connectivity index is 2.05. The zero-order valence-corrected chi connectivity index (χ0v) is 10.3. The Hall–Kier alpha value is -1.58. The highest BCUT2D eigenvalue weighted by Crippen LogP contribution is 2.22. The predicted octanol–water partition coefficient (Wildman–Crippen LogP) is 3.83. The summed E-state index contributed by atoms with van der Waals surface area (Å²) in [4.78, 5) is 4.02. The first kappa shape index (κ1) is 11.9. The number of nitrogens with zero attached hydrogens (tertiary/aromatic N) is 2. The number of hydrogen-bond donors (Lipinski definition) is 1. The van der Waals surface area contributed by atoms with Crippen LogP contribution in [0.15, 0.2) is 47.7 Å². The molecule has 0 aliphatic rings. The zero-order valence-electron chi connectivity index (χ0n) is 8.77. The minimum absolute atomic E-state index is 0.433. The average Bonchev–Trinajstić information content (AvgIpc) is 2.33. The van der Waals surface area contributed by atoms with Crippen molar-refractivity contribution in [2.75, 3.05) is 5.43 Å². The zero-order chi connectivity index (χ0) is 12.1. The first-order valence-corrected chi connectivity index (χ1v) is 5.66. The van der Waals surface area contributed by atoms with Crippen molar-refractivity contribution in [3.63, 3.8) is 0 Å². The minimum Gasteiger partial charge on any atom is -0.260 e. The van der Waals surface area contributed by atoms with Crippen LogP contribution in [0.4, 0.5) is 5.82 Å². The van der Waals surface area contributed by atoms with E-state index in [2.05, 4.69) is 15.5 Å². The van der Waals surface area contributed by atoms with Crippen LogP contribution in [0.1, 0.15) is 5.56 Å². The second kappa shape index (κ2) is 5.66. The van der Waals surface area contributed by atoms with Gasteiger partial charge in [-0.25, -0.2) is 4.98 Å². The molecule has 1 aromatic carbocycles. The highest BCUT2D eigenvalue weighted by atomic mass is 35.5. The van der Waals surface area contributed by atoms with Gasteiger partial charge in [0.05, 0.1) is 16.3 Å². The van der Waals surface area contributed by atoms with Crippen LogP contribution in [0.25, 0.3) is 0 Å². The van der Waals surface area contributed by atoms with Crippen LogP contribution in [0.3, 0.4) is 0 Å². The molecule has 1 heterocycles. The normalized spacial score (nSPS) is 10.7. The van der Waals surface area contributed by atoms with Gasteiger partial charge in [0.25, 0.3) is 0 Å². The van der Waals surface area contributed by atoms with E-state index in [4.69, 9.17) is 23.2 Å². The van der Waals surface area contributed by atoms with Crippen molar-refractivity contribution < 1.29 is 0 Å². The standard InChI is InChI=1S/C12H9Cl2N3/c13-10-6-11(14)12(15-8-10)17-16-7-9-4-2-1-3-5-9/h1-8H,(H,15,17)/b16-7-. The van der Waals surface area contributed by atoms with Crippen LogP contribution in [-0.4, -0.2) is 11.2 Å². The third-order valence-corrected chi connectivity index (χ3v) is 2.49. The fourth-order valence-corrected chi connectivity index (χ4v) is 1.63. The number of nitrogens with one attached hydrogen (secondary N) is 1. The number of aromatic nitrogens is 1. The fraction of sp³-hybridized carbons (Fsp3) is 0. The van der Waals surface area contributed by atoms with Crippen molar-refractivity contribution in [2.24, 2.45) is 5.10 Å². The molecule has 86 valence electrons. The van der Waals surface area contributed by atoms with Gasteiger partial charge in [-0.15, -0.1) is 0 Å². The lowest BCUT2D eigenvalue weighted by molar-refractivity contribution is 1.23. The first-order chi connectivity index (χ1) is 8.25. The molecule has 3 nitrogen and oxygen atoms in total. The lowest BCUT2D eigenvalue weighted by Gasteiger charge is -2.01. The lowest BCUT2D eigenvalue weighted by Crippen LogP contribution is -1.94. The summed E-state index contributed by atoms with van der Waals surface area (Å²) in [5, 5.41) is 4.96. The molecule has 1 aromatic heterocycles. The number of hydrazone groups is 1. The summed E-state index contributed by atoms with van der Waals surface area (Å²) in [5.74, 6) is 0.475. The van der Waals surface area contributed by atoms with Crippen molar-refractivity contribution in [1.29, 1.82) is 0 Å². The van der Waals surface area contributed by atoms with Crippen LogP contribution >= 0.6 is 23.2 Å². The van der Waals surface area contributed by atoms with Crippen LogP contribution in [0.5, 0.6) is 0 Å². The van der Waals surface area contributed by atoms with E-state index >= 15 is 0 Å². The molecule has 1 N–H and O–H groups in total. The van der Waals surface area contributed by atoms with E-state index in [1.165, 1.54) is 6.20 Å². The predicted molar refractivity (Wildman–Crippen MR) is 71.9 cm³/mol. The molecule has 0 atom stereocenters. The van der Waals surface area contributed by atoms with Gasteiger partial charge in [0.15, 0.2) is 5.82 Å². The van der Waals surface area contributed by atoms with Crippen molar-refractivity contribution in [2.45, 2.75) is 0 Å². The van der Waals surface area contributed by atoms with E-state index in [1.54, 1.807) is 12.3 Å². The maximum atomic E-state index is 5.93. The van der Waals surface area contributed by atoms with E-state index in [0.717, 1.165) is 5.56 Å². The maximum absolute atomic E-state index is 5.93. The molecule has 0 unspecified atom stereocenters. The Labute approximate surface area is 109 Å². The summed E-state index contributed by atoms with van der Waals surface area (Å²) >= 11 is 11.7. The summed E-state index contributed by atoms with van der Waals surface area (Å²) in [6, 6.07) is 11.3. The number of pyridine rings is 1. The van der Waals surface area contributed by atoms with Crippen LogP contribution in [-0.2, 0) is 0 Å². The van der Waals surface area contributed by atoms with Crippen LogP contribution in [0.2, 0.25) is 10.0 Å². The minimum atomic E-state index is 0.433. The van der Waals surface area contributed by atoms with Crippen molar-refractivity contribution in [3.05, 3.63) is 58.2 Å². The third-order valence-electron chi connectivity index (χ3n) is 1.99. The van der Waals surface area contributed by atoms with Gasteiger partial charge >= 0.3 is 0 Å².